The van der Waals surface area contributed by atoms with Crippen LogP contribution in [-0.4, -0.2) is 30.7 Å². The third-order valence-electron chi connectivity index (χ3n) is 6.92. The van der Waals surface area contributed by atoms with Crippen molar-refractivity contribution in [2.45, 2.75) is 51.5 Å². The van der Waals surface area contributed by atoms with Crippen LogP contribution in [0.5, 0.6) is 0 Å². The van der Waals surface area contributed by atoms with Crippen LogP contribution in [0, 0.1) is 24.1 Å². The van der Waals surface area contributed by atoms with Crippen LogP contribution in [0.25, 0.3) is 0 Å². The summed E-state index contributed by atoms with van der Waals surface area (Å²) in [6.45, 7) is 15.0. The first kappa shape index (κ1) is 20.9. The van der Waals surface area contributed by atoms with Gasteiger partial charge in [-0.25, -0.2) is 4.39 Å². The van der Waals surface area contributed by atoms with Crippen molar-refractivity contribution >= 4 is 0 Å². The number of likely N-dealkylation sites (tertiary alicyclic amines) is 1. The molecular weight excluding hydrogens is 351 g/mol. The van der Waals surface area contributed by atoms with Gasteiger partial charge in [-0.15, -0.1) is 0 Å². The number of rotatable bonds is 6. The summed E-state index contributed by atoms with van der Waals surface area (Å²) in [4.78, 5) is 2.38. The zero-order chi connectivity index (χ0) is 20.5. The molecule has 2 fully saturated rings. The van der Waals surface area contributed by atoms with E-state index in [1.165, 1.54) is 0 Å². The maximum Gasteiger partial charge on any atom is 0.126 e. The summed E-state index contributed by atoms with van der Waals surface area (Å²) in [5.41, 5.74) is 15.9. The Balaban J connectivity index is 1.62. The van der Waals surface area contributed by atoms with Crippen LogP contribution < -0.4 is 16.8 Å². The minimum atomic E-state index is -0.149. The zero-order valence-electron chi connectivity index (χ0n) is 17.3. The fourth-order valence-corrected chi connectivity index (χ4v) is 4.94. The van der Waals surface area contributed by atoms with Gasteiger partial charge in [0.25, 0.3) is 0 Å². The molecule has 1 aromatic rings. The molecular formula is C23H35FN4. The standard InChI is InChI=1S/C23H35FN4/c1-15-5-8-21(24)20(11-15)19-7-6-18(12-22(19)26)13-28-10-9-23(4,17(28)3)16(2)27-14-25/h5,8,11,18-19,22,27H,2-3,6-7,9-10,12-14,25-26H2,1,4H3. The Labute approximate surface area is 168 Å². The molecule has 1 heterocycles. The highest BCUT2D eigenvalue weighted by atomic mass is 19.1. The molecule has 1 aliphatic heterocycles. The lowest BCUT2D eigenvalue weighted by molar-refractivity contribution is 0.223. The fourth-order valence-electron chi connectivity index (χ4n) is 4.94. The summed E-state index contributed by atoms with van der Waals surface area (Å²) in [7, 11) is 0. The lowest BCUT2D eigenvalue weighted by atomic mass is 9.75. The van der Waals surface area contributed by atoms with Gasteiger partial charge in [0.1, 0.15) is 5.82 Å². The van der Waals surface area contributed by atoms with Crippen molar-refractivity contribution in [3.05, 3.63) is 59.7 Å². The van der Waals surface area contributed by atoms with Gasteiger partial charge in [0.15, 0.2) is 0 Å². The molecule has 1 saturated carbocycles. The average molecular weight is 387 g/mol. The lowest BCUT2D eigenvalue weighted by Crippen LogP contribution is -2.39. The lowest BCUT2D eigenvalue weighted by Gasteiger charge is -2.38. The second-order valence-electron chi connectivity index (χ2n) is 8.81. The highest BCUT2D eigenvalue weighted by Gasteiger charge is 2.41. The van der Waals surface area contributed by atoms with E-state index in [4.69, 9.17) is 11.5 Å². The third kappa shape index (κ3) is 3.96. The van der Waals surface area contributed by atoms with Gasteiger partial charge in [-0.3, -0.25) is 0 Å². The predicted octanol–water partition coefficient (Wildman–Crippen LogP) is 3.59. The van der Waals surface area contributed by atoms with E-state index in [1.54, 1.807) is 6.07 Å². The Kier molecular flexibility index (Phi) is 6.15. The van der Waals surface area contributed by atoms with E-state index < -0.39 is 0 Å². The molecule has 0 amide bonds. The number of aryl methyl sites for hydroxylation is 1. The first-order valence-corrected chi connectivity index (χ1v) is 10.4. The van der Waals surface area contributed by atoms with Gasteiger partial charge >= 0.3 is 0 Å². The molecule has 5 heteroatoms. The molecule has 5 N–H and O–H groups in total. The van der Waals surface area contributed by atoms with Crippen molar-refractivity contribution in [3.8, 4) is 0 Å². The average Bonchev–Trinajstić information content (AvgIpc) is 2.94. The quantitative estimate of drug-likeness (QED) is 0.654. The van der Waals surface area contributed by atoms with Crippen LogP contribution in [0.1, 0.15) is 49.7 Å². The molecule has 1 aromatic carbocycles. The van der Waals surface area contributed by atoms with Crippen LogP contribution in [0.3, 0.4) is 0 Å². The van der Waals surface area contributed by atoms with E-state index in [1.807, 2.05) is 19.1 Å². The molecule has 1 saturated heterocycles. The first-order chi connectivity index (χ1) is 13.3. The van der Waals surface area contributed by atoms with Crippen LogP contribution in [-0.2, 0) is 0 Å². The molecule has 1 aliphatic carbocycles. The second kappa shape index (κ2) is 8.26. The van der Waals surface area contributed by atoms with Crippen molar-refractivity contribution < 1.29 is 4.39 Å². The van der Waals surface area contributed by atoms with Gasteiger partial charge in [0, 0.05) is 41.9 Å². The summed E-state index contributed by atoms with van der Waals surface area (Å²) in [6.07, 6.45) is 3.91. The summed E-state index contributed by atoms with van der Waals surface area (Å²) in [5, 5.41) is 3.16. The number of halogens is 1. The molecule has 28 heavy (non-hydrogen) atoms. The van der Waals surface area contributed by atoms with E-state index in [0.29, 0.717) is 12.6 Å². The third-order valence-corrected chi connectivity index (χ3v) is 6.92. The minimum absolute atomic E-state index is 0.00817. The molecule has 3 rings (SSSR count). The highest BCUT2D eigenvalue weighted by molar-refractivity contribution is 5.29. The predicted molar refractivity (Wildman–Crippen MR) is 114 cm³/mol. The summed E-state index contributed by atoms with van der Waals surface area (Å²) in [5.74, 6) is 0.491. The molecule has 0 aromatic heterocycles. The molecule has 2 aliphatic rings. The maximum absolute atomic E-state index is 14.3. The van der Waals surface area contributed by atoms with E-state index in [0.717, 1.165) is 61.3 Å². The minimum Gasteiger partial charge on any atom is -0.376 e. The number of hydrogen-bond acceptors (Lipinski definition) is 4. The highest BCUT2D eigenvalue weighted by Crippen LogP contribution is 2.45. The zero-order valence-corrected chi connectivity index (χ0v) is 17.3. The number of nitrogens with two attached hydrogens (primary N) is 2. The topological polar surface area (TPSA) is 67.3 Å². The normalized spacial score (nSPS) is 30.5. The molecule has 4 atom stereocenters. The number of nitrogens with one attached hydrogen (secondary N) is 1. The Morgan fingerprint density at radius 1 is 1.39 bits per heavy atom. The Morgan fingerprint density at radius 2 is 2.14 bits per heavy atom. The first-order valence-electron chi connectivity index (χ1n) is 10.4. The maximum atomic E-state index is 14.3. The van der Waals surface area contributed by atoms with Crippen molar-refractivity contribution in [1.29, 1.82) is 0 Å². The van der Waals surface area contributed by atoms with Crippen LogP contribution in [0.15, 0.2) is 42.8 Å². The van der Waals surface area contributed by atoms with Gasteiger partial charge < -0.3 is 21.7 Å². The van der Waals surface area contributed by atoms with Gasteiger partial charge in [0.2, 0.25) is 0 Å². The molecule has 0 radical (unpaired) electrons. The molecule has 154 valence electrons. The van der Waals surface area contributed by atoms with E-state index in [2.05, 4.69) is 30.3 Å². The SMILES string of the molecule is C=C(NCN)C1(C)CCN(CC2CCC(c3cc(C)ccc3F)C(N)C2)C1=C. The van der Waals surface area contributed by atoms with Gasteiger partial charge in [-0.1, -0.05) is 30.9 Å². The van der Waals surface area contributed by atoms with Crippen LogP contribution in [0.4, 0.5) is 4.39 Å². The Bertz CT molecular complexity index is 746. The number of nitrogens with zero attached hydrogens (tertiary/aromatic N) is 1. The van der Waals surface area contributed by atoms with E-state index >= 15 is 0 Å². The van der Waals surface area contributed by atoms with Crippen molar-refractivity contribution in [2.24, 2.45) is 22.8 Å². The Morgan fingerprint density at radius 3 is 2.82 bits per heavy atom. The monoisotopic (exact) mass is 386 g/mol. The van der Waals surface area contributed by atoms with Gasteiger partial charge in [-0.2, -0.15) is 0 Å². The van der Waals surface area contributed by atoms with Crippen molar-refractivity contribution in [3.63, 3.8) is 0 Å². The van der Waals surface area contributed by atoms with E-state index in [9.17, 15) is 4.39 Å². The van der Waals surface area contributed by atoms with Gasteiger partial charge in [-0.05, 0) is 57.1 Å². The van der Waals surface area contributed by atoms with Gasteiger partial charge in [0.05, 0.1) is 6.67 Å². The molecule has 4 unspecified atom stereocenters. The summed E-state index contributed by atoms with van der Waals surface area (Å²) >= 11 is 0. The van der Waals surface area contributed by atoms with Crippen molar-refractivity contribution in [1.82, 2.24) is 10.2 Å². The number of hydrogen-bond donors (Lipinski definition) is 3. The molecule has 0 spiro atoms. The summed E-state index contributed by atoms with van der Waals surface area (Å²) < 4.78 is 14.3. The smallest absolute Gasteiger partial charge is 0.126 e. The molecule has 4 nitrogen and oxygen atoms in total. The fraction of sp³-hybridized carbons (Fsp3) is 0.565. The summed E-state index contributed by atoms with van der Waals surface area (Å²) in [6, 6.07) is 5.34. The van der Waals surface area contributed by atoms with Crippen molar-refractivity contribution in [2.75, 3.05) is 19.8 Å². The van der Waals surface area contributed by atoms with Crippen LogP contribution >= 0.6 is 0 Å². The molecule has 0 bridgehead atoms. The largest absolute Gasteiger partial charge is 0.376 e. The second-order valence-corrected chi connectivity index (χ2v) is 8.81. The Hall–Kier alpha value is -1.85. The van der Waals surface area contributed by atoms with Crippen LogP contribution in [0.2, 0.25) is 0 Å². The van der Waals surface area contributed by atoms with E-state index in [-0.39, 0.29) is 23.2 Å². The number of benzene rings is 1.